The molecule has 0 aliphatic heterocycles. The molecule has 0 radical (unpaired) electrons. The van der Waals surface area contributed by atoms with Crippen molar-refractivity contribution in [1.29, 1.82) is 0 Å². The maximum atomic E-state index is 6.80. The first-order chi connectivity index (χ1) is 27.7. The zero-order valence-corrected chi connectivity index (χ0v) is 30.2. The van der Waals surface area contributed by atoms with Crippen molar-refractivity contribution in [3.8, 4) is 62.1 Å². The Balaban J connectivity index is 1.06. The first kappa shape index (κ1) is 31.9. The second-order valence-electron chi connectivity index (χ2n) is 14.0. The van der Waals surface area contributed by atoms with Crippen LogP contribution in [0.4, 0.5) is 0 Å². The van der Waals surface area contributed by atoms with Crippen molar-refractivity contribution < 1.29 is 4.42 Å². The number of nitrogens with zero attached hydrogens (tertiary/aromatic N) is 4. The van der Waals surface area contributed by atoms with Crippen molar-refractivity contribution >= 4 is 43.7 Å². The van der Waals surface area contributed by atoms with E-state index in [0.717, 1.165) is 61.0 Å². The normalized spacial score (nSPS) is 11.6. The van der Waals surface area contributed by atoms with E-state index < -0.39 is 0 Å². The van der Waals surface area contributed by atoms with Crippen LogP contribution in [0.3, 0.4) is 0 Å². The molecule has 0 spiro atoms. The molecule has 0 saturated carbocycles. The van der Waals surface area contributed by atoms with Crippen LogP contribution in [0.15, 0.2) is 199 Å². The lowest BCUT2D eigenvalue weighted by molar-refractivity contribution is 0.670. The highest BCUT2D eigenvalue weighted by molar-refractivity contribution is 6.13. The number of benzene rings is 8. The number of aromatic nitrogens is 4. The monoisotopic (exact) mass is 716 g/mol. The zero-order valence-electron chi connectivity index (χ0n) is 30.2. The third-order valence-electron chi connectivity index (χ3n) is 10.7. The Bertz CT molecular complexity index is 3170. The average Bonchev–Trinajstić information content (AvgIpc) is 3.82. The van der Waals surface area contributed by atoms with Crippen LogP contribution in [-0.4, -0.2) is 19.5 Å². The van der Waals surface area contributed by atoms with E-state index in [-0.39, 0.29) is 0 Å². The lowest BCUT2D eigenvalue weighted by Gasteiger charge is -2.09. The van der Waals surface area contributed by atoms with E-state index in [1.165, 1.54) is 27.4 Å². The number of furan rings is 1. The summed E-state index contributed by atoms with van der Waals surface area (Å²) in [7, 11) is 0. The molecule has 11 aromatic rings. The summed E-state index contributed by atoms with van der Waals surface area (Å²) < 4.78 is 9.17. The van der Waals surface area contributed by atoms with Gasteiger partial charge in [-0.1, -0.05) is 152 Å². The summed E-state index contributed by atoms with van der Waals surface area (Å²) in [5, 5.41) is 4.52. The molecule has 0 aliphatic carbocycles. The van der Waals surface area contributed by atoms with Crippen molar-refractivity contribution in [2.24, 2.45) is 0 Å². The molecule has 0 N–H and O–H groups in total. The van der Waals surface area contributed by atoms with Crippen LogP contribution in [0.1, 0.15) is 0 Å². The molecule has 262 valence electrons. The molecule has 3 aromatic heterocycles. The average molecular weight is 717 g/mol. The highest BCUT2D eigenvalue weighted by Crippen LogP contribution is 2.41. The van der Waals surface area contributed by atoms with Crippen LogP contribution in [0, 0.1) is 0 Å². The molecule has 0 fully saturated rings. The number of rotatable bonds is 6. The SMILES string of the molecule is c1ccc(-c2ccc3c(c2)c2ccc(-c4cccc5c4oc4cc(-c6nc(-c7ccccc7)nc(-c7ccccc7)n6)ccc45)cc2n3-c2ccccc2)cc1. The summed E-state index contributed by atoms with van der Waals surface area (Å²) in [5.74, 6) is 1.84. The quantitative estimate of drug-likeness (QED) is 0.172. The van der Waals surface area contributed by atoms with Gasteiger partial charge < -0.3 is 8.98 Å². The molecular weight excluding hydrogens is 685 g/mol. The van der Waals surface area contributed by atoms with Crippen LogP contribution >= 0.6 is 0 Å². The maximum Gasteiger partial charge on any atom is 0.164 e. The summed E-state index contributed by atoms with van der Waals surface area (Å²) in [6, 6.07) is 67.5. The Morgan fingerprint density at radius 1 is 0.339 bits per heavy atom. The fraction of sp³-hybridized carbons (Fsp3) is 0. The lowest BCUT2D eigenvalue weighted by Crippen LogP contribution is -2.00. The fourth-order valence-electron chi connectivity index (χ4n) is 7.96. The molecule has 3 heterocycles. The molecule has 11 rings (SSSR count). The van der Waals surface area contributed by atoms with Gasteiger partial charge in [0.1, 0.15) is 11.2 Å². The van der Waals surface area contributed by atoms with Gasteiger partial charge >= 0.3 is 0 Å². The molecule has 0 unspecified atom stereocenters. The van der Waals surface area contributed by atoms with Gasteiger partial charge in [0.2, 0.25) is 0 Å². The predicted molar refractivity (Wildman–Crippen MR) is 229 cm³/mol. The first-order valence-corrected chi connectivity index (χ1v) is 18.8. The molecular formula is C51H32N4O. The number of fused-ring (bicyclic) bond motifs is 6. The van der Waals surface area contributed by atoms with Crippen molar-refractivity contribution in [2.45, 2.75) is 0 Å². The minimum Gasteiger partial charge on any atom is -0.455 e. The summed E-state index contributed by atoms with van der Waals surface area (Å²) in [4.78, 5) is 14.8. The minimum absolute atomic E-state index is 0.592. The van der Waals surface area contributed by atoms with Gasteiger partial charge in [0.25, 0.3) is 0 Å². The van der Waals surface area contributed by atoms with E-state index in [9.17, 15) is 0 Å². The molecule has 0 bridgehead atoms. The highest BCUT2D eigenvalue weighted by Gasteiger charge is 2.19. The van der Waals surface area contributed by atoms with E-state index in [0.29, 0.717) is 17.5 Å². The molecule has 56 heavy (non-hydrogen) atoms. The van der Waals surface area contributed by atoms with Crippen LogP contribution < -0.4 is 0 Å². The summed E-state index contributed by atoms with van der Waals surface area (Å²) in [6.45, 7) is 0. The van der Waals surface area contributed by atoms with Gasteiger partial charge in [-0.25, -0.2) is 15.0 Å². The topological polar surface area (TPSA) is 56.7 Å². The Morgan fingerprint density at radius 2 is 0.911 bits per heavy atom. The van der Waals surface area contributed by atoms with Gasteiger partial charge in [-0.2, -0.15) is 0 Å². The van der Waals surface area contributed by atoms with Crippen LogP contribution in [0.2, 0.25) is 0 Å². The molecule has 0 saturated heterocycles. The molecule has 8 aromatic carbocycles. The van der Waals surface area contributed by atoms with Crippen molar-refractivity contribution in [3.63, 3.8) is 0 Å². The summed E-state index contributed by atoms with van der Waals surface area (Å²) in [6.07, 6.45) is 0. The van der Waals surface area contributed by atoms with Gasteiger partial charge in [-0.15, -0.1) is 0 Å². The van der Waals surface area contributed by atoms with E-state index in [4.69, 9.17) is 19.4 Å². The first-order valence-electron chi connectivity index (χ1n) is 18.8. The second-order valence-corrected chi connectivity index (χ2v) is 14.0. The Kier molecular flexibility index (Phi) is 7.42. The van der Waals surface area contributed by atoms with Gasteiger partial charge in [0.05, 0.1) is 11.0 Å². The molecule has 5 heteroatoms. The predicted octanol–water partition coefficient (Wildman–Crippen LogP) is 13.2. The smallest absolute Gasteiger partial charge is 0.164 e. The summed E-state index contributed by atoms with van der Waals surface area (Å²) in [5.41, 5.74) is 12.3. The molecule has 0 atom stereocenters. The minimum atomic E-state index is 0.592. The van der Waals surface area contributed by atoms with Gasteiger partial charge in [-0.3, -0.25) is 0 Å². The highest BCUT2D eigenvalue weighted by atomic mass is 16.3. The molecule has 0 amide bonds. The van der Waals surface area contributed by atoms with Crippen LogP contribution in [-0.2, 0) is 0 Å². The standard InChI is InChI=1S/C51H32N4O/c1-5-14-33(15-6-1)36-26-29-45-44(30-36)41-27-24-37(31-46(41)55(45)39-20-11-4-12-21-39)40-22-13-23-43-42-28-25-38(32-47(42)56-48(40)43)51-53-49(34-16-7-2-8-17-34)52-50(54-51)35-18-9-3-10-19-35/h1-32H. The van der Waals surface area contributed by atoms with Gasteiger partial charge in [0.15, 0.2) is 17.5 Å². The van der Waals surface area contributed by atoms with E-state index in [1.54, 1.807) is 0 Å². The van der Waals surface area contributed by atoms with Crippen LogP contribution in [0.5, 0.6) is 0 Å². The van der Waals surface area contributed by atoms with Crippen LogP contribution in [0.25, 0.3) is 106 Å². The van der Waals surface area contributed by atoms with Crippen molar-refractivity contribution in [2.75, 3.05) is 0 Å². The Morgan fingerprint density at radius 3 is 1.59 bits per heavy atom. The van der Waals surface area contributed by atoms with Gasteiger partial charge in [-0.05, 0) is 59.2 Å². The third-order valence-corrected chi connectivity index (χ3v) is 10.7. The third kappa shape index (κ3) is 5.37. The lowest BCUT2D eigenvalue weighted by atomic mass is 9.99. The zero-order chi connectivity index (χ0) is 37.0. The Labute approximate surface area is 322 Å². The fourth-order valence-corrected chi connectivity index (χ4v) is 7.96. The Hall–Kier alpha value is -7.63. The largest absolute Gasteiger partial charge is 0.455 e. The molecule has 0 aliphatic rings. The van der Waals surface area contributed by atoms with E-state index in [1.807, 2.05) is 60.7 Å². The second kappa shape index (κ2) is 13.0. The van der Waals surface area contributed by atoms with Gasteiger partial charge in [0, 0.05) is 49.5 Å². The maximum absolute atomic E-state index is 6.80. The molecule has 5 nitrogen and oxygen atoms in total. The number of para-hydroxylation sites is 2. The summed E-state index contributed by atoms with van der Waals surface area (Å²) >= 11 is 0. The number of hydrogen-bond acceptors (Lipinski definition) is 4. The van der Waals surface area contributed by atoms with E-state index in [2.05, 4.69) is 138 Å². The van der Waals surface area contributed by atoms with Crippen molar-refractivity contribution in [1.82, 2.24) is 19.5 Å². The van der Waals surface area contributed by atoms with E-state index >= 15 is 0 Å². The van der Waals surface area contributed by atoms with Crippen molar-refractivity contribution in [3.05, 3.63) is 194 Å². The number of hydrogen-bond donors (Lipinski definition) is 0.